The lowest BCUT2D eigenvalue weighted by Crippen LogP contribution is -2.39. The van der Waals surface area contributed by atoms with Crippen molar-refractivity contribution in [3.63, 3.8) is 0 Å². The maximum atomic E-state index is 12.7. The normalized spacial score (nSPS) is 20.5. The number of hydrogen-bond acceptors (Lipinski definition) is 5. The van der Waals surface area contributed by atoms with Crippen molar-refractivity contribution in [2.45, 2.75) is 31.7 Å². The van der Waals surface area contributed by atoms with Crippen LogP contribution in [0.4, 0.5) is 0 Å². The molecule has 0 radical (unpaired) electrons. The van der Waals surface area contributed by atoms with E-state index in [2.05, 4.69) is 15.3 Å². The largest absolute Gasteiger partial charge is 0.338 e. The predicted octanol–water partition coefficient (Wildman–Crippen LogP) is 1.54. The van der Waals surface area contributed by atoms with Crippen LogP contribution in [0.15, 0.2) is 30.7 Å². The molecule has 6 heteroatoms. The van der Waals surface area contributed by atoms with Crippen molar-refractivity contribution in [2.75, 3.05) is 19.6 Å². The third kappa shape index (κ3) is 3.01. The van der Waals surface area contributed by atoms with Crippen molar-refractivity contribution < 1.29 is 4.79 Å². The molecule has 1 amide bonds. The molecule has 4 rings (SSSR count). The van der Waals surface area contributed by atoms with Crippen LogP contribution in [0, 0.1) is 0 Å². The van der Waals surface area contributed by atoms with Crippen LogP contribution in [-0.2, 0) is 13.0 Å². The van der Waals surface area contributed by atoms with Gasteiger partial charge in [0, 0.05) is 73.9 Å². The molecule has 2 aliphatic heterocycles. The molecular formula is C18H21N5O. The Morgan fingerprint density at radius 1 is 1.29 bits per heavy atom. The Kier molecular flexibility index (Phi) is 4.21. The molecule has 1 saturated heterocycles. The van der Waals surface area contributed by atoms with Crippen LogP contribution in [0.25, 0.3) is 0 Å². The summed E-state index contributed by atoms with van der Waals surface area (Å²) in [6.45, 7) is 3.32. The number of carbonyl (C=O) groups is 1. The highest BCUT2D eigenvalue weighted by atomic mass is 16.2. The molecule has 24 heavy (non-hydrogen) atoms. The number of pyridine rings is 1. The van der Waals surface area contributed by atoms with E-state index in [1.54, 1.807) is 24.5 Å². The fraction of sp³-hybridized carbons (Fsp3) is 0.444. The first-order chi connectivity index (χ1) is 11.8. The average molecular weight is 323 g/mol. The number of nitrogens with one attached hydrogen (secondary N) is 1. The topological polar surface area (TPSA) is 71.0 Å². The molecule has 0 bridgehead atoms. The molecule has 0 aliphatic carbocycles. The lowest BCUT2D eigenvalue weighted by atomic mass is 9.96. The second-order valence-electron chi connectivity index (χ2n) is 6.45. The van der Waals surface area contributed by atoms with Crippen molar-refractivity contribution in [2.24, 2.45) is 0 Å². The summed E-state index contributed by atoms with van der Waals surface area (Å²) in [7, 11) is 0. The summed E-state index contributed by atoms with van der Waals surface area (Å²) >= 11 is 0. The van der Waals surface area contributed by atoms with Crippen LogP contribution in [0.3, 0.4) is 0 Å². The highest BCUT2D eigenvalue weighted by Crippen LogP contribution is 2.26. The van der Waals surface area contributed by atoms with Gasteiger partial charge in [-0.2, -0.15) is 0 Å². The summed E-state index contributed by atoms with van der Waals surface area (Å²) in [5.74, 6) is 1.19. The van der Waals surface area contributed by atoms with Crippen molar-refractivity contribution in [3.05, 3.63) is 53.4 Å². The fourth-order valence-corrected chi connectivity index (χ4v) is 3.50. The lowest BCUT2D eigenvalue weighted by molar-refractivity contribution is 0.0704. The highest BCUT2D eigenvalue weighted by molar-refractivity contribution is 5.94. The van der Waals surface area contributed by atoms with Gasteiger partial charge in [0.2, 0.25) is 0 Å². The number of hydrogen-bond donors (Lipinski definition) is 1. The molecular weight excluding hydrogens is 302 g/mol. The van der Waals surface area contributed by atoms with E-state index in [0.29, 0.717) is 12.1 Å². The maximum absolute atomic E-state index is 12.7. The zero-order chi connectivity index (χ0) is 16.4. The maximum Gasteiger partial charge on any atom is 0.253 e. The van der Waals surface area contributed by atoms with E-state index in [1.165, 1.54) is 5.56 Å². The van der Waals surface area contributed by atoms with Gasteiger partial charge in [-0.15, -0.1) is 0 Å². The summed E-state index contributed by atoms with van der Waals surface area (Å²) in [4.78, 5) is 28.0. The summed E-state index contributed by atoms with van der Waals surface area (Å²) in [6.07, 6.45) is 8.26. The zero-order valence-electron chi connectivity index (χ0n) is 13.6. The minimum absolute atomic E-state index is 0.0734. The predicted molar refractivity (Wildman–Crippen MR) is 89.6 cm³/mol. The van der Waals surface area contributed by atoms with Gasteiger partial charge in [0.05, 0.1) is 0 Å². The Balaban J connectivity index is 1.52. The van der Waals surface area contributed by atoms with Gasteiger partial charge in [-0.1, -0.05) is 0 Å². The number of piperidine rings is 1. The molecule has 2 aliphatic rings. The van der Waals surface area contributed by atoms with Crippen LogP contribution in [0.1, 0.15) is 46.2 Å². The third-order valence-electron chi connectivity index (χ3n) is 4.83. The molecule has 0 saturated carbocycles. The smallest absolute Gasteiger partial charge is 0.253 e. The van der Waals surface area contributed by atoms with Gasteiger partial charge in [0.25, 0.3) is 5.91 Å². The SMILES string of the molecule is O=C(c1ccncc1)N1CCC[C@H](c2ncc3c(n2)CCNC3)C1. The van der Waals surface area contributed by atoms with Gasteiger partial charge in [-0.05, 0) is 25.0 Å². The van der Waals surface area contributed by atoms with Gasteiger partial charge in [0.1, 0.15) is 5.82 Å². The van der Waals surface area contributed by atoms with E-state index in [4.69, 9.17) is 4.98 Å². The van der Waals surface area contributed by atoms with Gasteiger partial charge in [-0.25, -0.2) is 9.97 Å². The number of fused-ring (bicyclic) bond motifs is 1. The van der Waals surface area contributed by atoms with E-state index < -0.39 is 0 Å². The Morgan fingerprint density at radius 3 is 3.04 bits per heavy atom. The summed E-state index contributed by atoms with van der Waals surface area (Å²) < 4.78 is 0. The first-order valence-electron chi connectivity index (χ1n) is 8.56. The van der Waals surface area contributed by atoms with Gasteiger partial charge in [0.15, 0.2) is 0 Å². The zero-order valence-corrected chi connectivity index (χ0v) is 13.6. The second-order valence-corrected chi connectivity index (χ2v) is 6.45. The second kappa shape index (κ2) is 6.65. The minimum atomic E-state index is 0.0734. The molecule has 0 spiro atoms. The molecule has 0 unspecified atom stereocenters. The number of carbonyl (C=O) groups excluding carboxylic acids is 1. The van der Waals surface area contributed by atoms with E-state index in [9.17, 15) is 4.79 Å². The van der Waals surface area contributed by atoms with Crippen LogP contribution in [0.2, 0.25) is 0 Å². The van der Waals surface area contributed by atoms with Crippen molar-refractivity contribution >= 4 is 5.91 Å². The van der Waals surface area contributed by atoms with Crippen LogP contribution in [0.5, 0.6) is 0 Å². The minimum Gasteiger partial charge on any atom is -0.338 e. The Morgan fingerprint density at radius 2 is 2.17 bits per heavy atom. The van der Waals surface area contributed by atoms with Gasteiger partial charge >= 0.3 is 0 Å². The lowest BCUT2D eigenvalue weighted by Gasteiger charge is -2.32. The molecule has 6 nitrogen and oxygen atoms in total. The molecule has 0 aromatic carbocycles. The van der Waals surface area contributed by atoms with Crippen molar-refractivity contribution in [1.29, 1.82) is 0 Å². The van der Waals surface area contributed by atoms with Crippen LogP contribution >= 0.6 is 0 Å². The van der Waals surface area contributed by atoms with Crippen LogP contribution < -0.4 is 5.32 Å². The first-order valence-corrected chi connectivity index (χ1v) is 8.56. The number of rotatable bonds is 2. The molecule has 124 valence electrons. The monoisotopic (exact) mass is 323 g/mol. The molecule has 2 aromatic rings. The van der Waals surface area contributed by atoms with E-state index in [0.717, 1.165) is 50.4 Å². The molecule has 1 fully saturated rings. The third-order valence-corrected chi connectivity index (χ3v) is 4.83. The summed E-state index contributed by atoms with van der Waals surface area (Å²) in [5.41, 5.74) is 3.06. The quantitative estimate of drug-likeness (QED) is 0.908. The van der Waals surface area contributed by atoms with Crippen LogP contribution in [-0.4, -0.2) is 45.4 Å². The van der Waals surface area contributed by atoms with Crippen molar-refractivity contribution in [3.8, 4) is 0 Å². The van der Waals surface area contributed by atoms with E-state index in [-0.39, 0.29) is 11.8 Å². The van der Waals surface area contributed by atoms with E-state index >= 15 is 0 Å². The van der Waals surface area contributed by atoms with Gasteiger partial charge in [-0.3, -0.25) is 9.78 Å². The molecule has 1 N–H and O–H groups in total. The number of aromatic nitrogens is 3. The molecule has 2 aromatic heterocycles. The summed E-state index contributed by atoms with van der Waals surface area (Å²) in [5, 5.41) is 3.34. The number of amides is 1. The standard InChI is InChI=1S/C18H21N5O/c24-18(13-3-6-19-7-4-13)23-9-1-2-14(12-23)17-21-11-15-10-20-8-5-16(15)22-17/h3-4,6-7,11,14,20H,1-2,5,8-10,12H2/t14-/m0/s1. The average Bonchev–Trinajstić information content (AvgIpc) is 2.68. The Bertz CT molecular complexity index is 733. The van der Waals surface area contributed by atoms with Crippen molar-refractivity contribution in [1.82, 2.24) is 25.2 Å². The molecule has 4 heterocycles. The summed E-state index contributed by atoms with van der Waals surface area (Å²) in [6, 6.07) is 3.54. The first kappa shape index (κ1) is 15.2. The molecule has 1 atom stereocenters. The Labute approximate surface area is 141 Å². The highest BCUT2D eigenvalue weighted by Gasteiger charge is 2.27. The fourth-order valence-electron chi connectivity index (χ4n) is 3.50. The number of likely N-dealkylation sites (tertiary alicyclic amines) is 1. The number of nitrogens with zero attached hydrogens (tertiary/aromatic N) is 4. The van der Waals surface area contributed by atoms with E-state index in [1.807, 2.05) is 11.1 Å². The Hall–Kier alpha value is -2.34. The van der Waals surface area contributed by atoms with Gasteiger partial charge < -0.3 is 10.2 Å².